The Morgan fingerprint density at radius 1 is 1.00 bits per heavy atom. The minimum absolute atomic E-state index is 0.0206. The summed E-state index contributed by atoms with van der Waals surface area (Å²) in [5.74, 6) is 0.325. The van der Waals surface area contributed by atoms with E-state index in [1.807, 2.05) is 41.0 Å². The number of piperazine rings is 1. The number of carbonyl (C=O) groups is 3. The number of hydrogen-bond donors (Lipinski definition) is 1. The highest BCUT2D eigenvalue weighted by Gasteiger charge is 2.31. The molecule has 152 valence electrons. The first-order valence-corrected chi connectivity index (χ1v) is 10.3. The van der Waals surface area contributed by atoms with E-state index in [1.54, 1.807) is 0 Å². The monoisotopic (exact) mass is 385 g/mol. The maximum absolute atomic E-state index is 12.8. The van der Waals surface area contributed by atoms with Crippen LogP contribution in [-0.2, 0) is 14.4 Å². The van der Waals surface area contributed by atoms with Crippen LogP contribution in [0.15, 0.2) is 24.3 Å². The zero-order valence-corrected chi connectivity index (χ0v) is 16.9. The number of benzene rings is 1. The van der Waals surface area contributed by atoms with Crippen molar-refractivity contribution in [3.63, 3.8) is 0 Å². The van der Waals surface area contributed by atoms with Crippen LogP contribution in [0, 0.1) is 12.8 Å². The van der Waals surface area contributed by atoms with Crippen LogP contribution in [0.3, 0.4) is 0 Å². The molecule has 1 N–H and O–H groups in total. The molecule has 1 aromatic carbocycles. The molecule has 6 heteroatoms. The average molecular weight is 386 g/mol. The Morgan fingerprint density at radius 3 is 2.14 bits per heavy atom. The number of nitrogens with one attached hydrogen (secondary N) is 1. The molecule has 2 fully saturated rings. The van der Waals surface area contributed by atoms with Crippen LogP contribution in [0.1, 0.15) is 56.2 Å². The van der Waals surface area contributed by atoms with Gasteiger partial charge in [0.05, 0.1) is 12.5 Å². The Balaban J connectivity index is 1.56. The van der Waals surface area contributed by atoms with Crippen LogP contribution < -0.4 is 5.32 Å². The first kappa shape index (κ1) is 20.4. The van der Waals surface area contributed by atoms with Crippen molar-refractivity contribution in [1.82, 2.24) is 15.1 Å². The third-order valence-corrected chi connectivity index (χ3v) is 5.88. The molecule has 1 aliphatic carbocycles. The Labute approximate surface area is 167 Å². The van der Waals surface area contributed by atoms with Gasteiger partial charge in [-0.3, -0.25) is 14.4 Å². The maximum Gasteiger partial charge on any atom is 0.225 e. The van der Waals surface area contributed by atoms with Crippen LogP contribution in [-0.4, -0.2) is 53.7 Å². The van der Waals surface area contributed by atoms with Gasteiger partial charge in [-0.15, -0.1) is 0 Å². The fourth-order valence-corrected chi connectivity index (χ4v) is 4.21. The van der Waals surface area contributed by atoms with Crippen LogP contribution in [0.2, 0.25) is 0 Å². The number of aryl methyl sites for hydroxylation is 1. The van der Waals surface area contributed by atoms with E-state index in [1.165, 1.54) is 6.92 Å². The second-order valence-corrected chi connectivity index (χ2v) is 8.06. The average Bonchev–Trinajstić information content (AvgIpc) is 3.22. The molecule has 1 aromatic rings. The number of amides is 3. The van der Waals surface area contributed by atoms with Crippen molar-refractivity contribution >= 4 is 17.7 Å². The molecule has 1 saturated carbocycles. The van der Waals surface area contributed by atoms with Gasteiger partial charge in [0.15, 0.2) is 0 Å². The van der Waals surface area contributed by atoms with E-state index in [9.17, 15) is 14.4 Å². The van der Waals surface area contributed by atoms with Crippen molar-refractivity contribution in [2.24, 2.45) is 5.92 Å². The van der Waals surface area contributed by atoms with E-state index in [-0.39, 0.29) is 36.1 Å². The van der Waals surface area contributed by atoms with Crippen LogP contribution >= 0.6 is 0 Å². The summed E-state index contributed by atoms with van der Waals surface area (Å²) in [6.45, 7) is 5.83. The van der Waals surface area contributed by atoms with Gasteiger partial charge in [0, 0.05) is 39.0 Å². The predicted octanol–water partition coefficient (Wildman–Crippen LogP) is 2.42. The fraction of sp³-hybridized carbons (Fsp3) is 0.591. The standard InChI is InChI=1S/C22H31N3O3/c1-16-7-9-18(10-8-16)20(23-17(2)26)15-21(27)24-11-13-25(14-12-24)22(28)19-5-3-4-6-19/h7-10,19-20H,3-6,11-15H2,1-2H3,(H,23,26). The molecule has 1 saturated heterocycles. The molecule has 3 amide bonds. The molecule has 1 atom stereocenters. The minimum Gasteiger partial charge on any atom is -0.349 e. The molecule has 1 unspecified atom stereocenters. The molecular formula is C22H31N3O3. The third-order valence-electron chi connectivity index (χ3n) is 5.88. The molecule has 3 rings (SSSR count). The summed E-state index contributed by atoms with van der Waals surface area (Å²) in [5.41, 5.74) is 2.07. The summed E-state index contributed by atoms with van der Waals surface area (Å²) in [6.07, 6.45) is 4.55. The predicted molar refractivity (Wildman–Crippen MR) is 107 cm³/mol. The van der Waals surface area contributed by atoms with E-state index < -0.39 is 0 Å². The number of nitrogens with zero attached hydrogens (tertiary/aromatic N) is 2. The molecule has 2 aliphatic rings. The summed E-state index contributed by atoms with van der Waals surface area (Å²) in [4.78, 5) is 40.8. The zero-order valence-electron chi connectivity index (χ0n) is 16.9. The quantitative estimate of drug-likeness (QED) is 0.846. The Morgan fingerprint density at radius 2 is 1.57 bits per heavy atom. The molecule has 6 nitrogen and oxygen atoms in total. The van der Waals surface area contributed by atoms with Gasteiger partial charge in [-0.05, 0) is 25.3 Å². The van der Waals surface area contributed by atoms with Crippen LogP contribution in [0.5, 0.6) is 0 Å². The van der Waals surface area contributed by atoms with Gasteiger partial charge in [-0.2, -0.15) is 0 Å². The van der Waals surface area contributed by atoms with E-state index in [0.717, 1.165) is 36.8 Å². The Bertz CT molecular complexity index is 702. The summed E-state index contributed by atoms with van der Waals surface area (Å²) < 4.78 is 0. The topological polar surface area (TPSA) is 69.7 Å². The van der Waals surface area contributed by atoms with E-state index in [4.69, 9.17) is 0 Å². The highest BCUT2D eigenvalue weighted by Crippen LogP contribution is 2.27. The van der Waals surface area contributed by atoms with Gasteiger partial charge in [0.1, 0.15) is 0 Å². The van der Waals surface area contributed by atoms with Gasteiger partial charge in [0.2, 0.25) is 17.7 Å². The van der Waals surface area contributed by atoms with Gasteiger partial charge in [-0.25, -0.2) is 0 Å². The van der Waals surface area contributed by atoms with E-state index in [2.05, 4.69) is 5.32 Å². The van der Waals surface area contributed by atoms with Gasteiger partial charge in [0.25, 0.3) is 0 Å². The zero-order chi connectivity index (χ0) is 20.1. The third kappa shape index (κ3) is 5.12. The van der Waals surface area contributed by atoms with Crippen molar-refractivity contribution < 1.29 is 14.4 Å². The van der Waals surface area contributed by atoms with E-state index >= 15 is 0 Å². The molecule has 0 radical (unpaired) electrons. The maximum atomic E-state index is 12.8. The summed E-state index contributed by atoms with van der Waals surface area (Å²) in [7, 11) is 0. The van der Waals surface area contributed by atoms with Crippen molar-refractivity contribution in [2.45, 2.75) is 52.0 Å². The SMILES string of the molecule is CC(=O)NC(CC(=O)N1CCN(C(=O)C2CCCC2)CC1)c1ccc(C)cc1. The summed E-state index contributed by atoms with van der Waals surface area (Å²) in [5, 5.41) is 2.90. The van der Waals surface area contributed by atoms with Crippen LogP contribution in [0.25, 0.3) is 0 Å². The van der Waals surface area contributed by atoms with Gasteiger partial charge < -0.3 is 15.1 Å². The number of carbonyl (C=O) groups excluding carboxylic acids is 3. The van der Waals surface area contributed by atoms with Crippen molar-refractivity contribution in [2.75, 3.05) is 26.2 Å². The summed E-state index contributed by atoms with van der Waals surface area (Å²) >= 11 is 0. The lowest BCUT2D eigenvalue weighted by Crippen LogP contribution is -2.52. The van der Waals surface area contributed by atoms with Crippen molar-refractivity contribution in [3.8, 4) is 0 Å². The first-order chi connectivity index (χ1) is 13.4. The molecular weight excluding hydrogens is 354 g/mol. The van der Waals surface area contributed by atoms with Gasteiger partial charge >= 0.3 is 0 Å². The summed E-state index contributed by atoms with van der Waals surface area (Å²) in [6, 6.07) is 7.57. The minimum atomic E-state index is -0.330. The lowest BCUT2D eigenvalue weighted by atomic mass is 10.0. The Kier molecular flexibility index (Phi) is 6.70. The van der Waals surface area contributed by atoms with E-state index in [0.29, 0.717) is 26.2 Å². The fourth-order valence-electron chi connectivity index (χ4n) is 4.21. The molecule has 1 heterocycles. The Hall–Kier alpha value is -2.37. The highest BCUT2D eigenvalue weighted by molar-refractivity contribution is 5.81. The molecule has 28 heavy (non-hydrogen) atoms. The van der Waals surface area contributed by atoms with Crippen LogP contribution in [0.4, 0.5) is 0 Å². The second kappa shape index (κ2) is 9.22. The number of rotatable bonds is 5. The molecule has 0 bridgehead atoms. The molecule has 0 spiro atoms. The molecule has 0 aromatic heterocycles. The lowest BCUT2D eigenvalue weighted by molar-refractivity contribution is -0.142. The first-order valence-electron chi connectivity index (χ1n) is 10.3. The van der Waals surface area contributed by atoms with Crippen molar-refractivity contribution in [3.05, 3.63) is 35.4 Å². The molecule has 1 aliphatic heterocycles. The normalized spacial score (nSPS) is 18.8. The van der Waals surface area contributed by atoms with Gasteiger partial charge in [-0.1, -0.05) is 42.7 Å². The lowest BCUT2D eigenvalue weighted by Gasteiger charge is -2.36. The number of hydrogen-bond acceptors (Lipinski definition) is 3. The smallest absolute Gasteiger partial charge is 0.225 e. The second-order valence-electron chi connectivity index (χ2n) is 8.06. The van der Waals surface area contributed by atoms with Crippen molar-refractivity contribution in [1.29, 1.82) is 0 Å². The highest BCUT2D eigenvalue weighted by atomic mass is 16.2. The largest absolute Gasteiger partial charge is 0.349 e.